The van der Waals surface area contributed by atoms with E-state index in [1.54, 1.807) is 18.2 Å². The van der Waals surface area contributed by atoms with Crippen LogP contribution in [-0.4, -0.2) is 5.91 Å². The van der Waals surface area contributed by atoms with Gasteiger partial charge < -0.3 is 5.32 Å². The SMILES string of the molecule is CC(C)(NC(=O)C1CCCc2ccccc21)c1ccccc1F. The normalized spacial score (nSPS) is 17.4. The molecule has 120 valence electrons. The van der Waals surface area contributed by atoms with E-state index in [2.05, 4.69) is 11.4 Å². The maximum absolute atomic E-state index is 14.1. The van der Waals surface area contributed by atoms with Crippen molar-refractivity contribution in [3.63, 3.8) is 0 Å². The molecule has 0 radical (unpaired) electrons. The quantitative estimate of drug-likeness (QED) is 0.900. The third-order valence-electron chi connectivity index (χ3n) is 4.67. The van der Waals surface area contributed by atoms with Crippen LogP contribution in [0.2, 0.25) is 0 Å². The van der Waals surface area contributed by atoms with Gasteiger partial charge in [0.2, 0.25) is 5.91 Å². The smallest absolute Gasteiger partial charge is 0.228 e. The van der Waals surface area contributed by atoms with E-state index in [1.807, 2.05) is 32.0 Å². The maximum Gasteiger partial charge on any atom is 0.228 e. The molecule has 3 rings (SSSR count). The summed E-state index contributed by atoms with van der Waals surface area (Å²) in [6.45, 7) is 3.69. The molecule has 1 N–H and O–H groups in total. The van der Waals surface area contributed by atoms with Gasteiger partial charge in [0, 0.05) is 5.56 Å². The zero-order chi connectivity index (χ0) is 16.4. The molecule has 3 heteroatoms. The fourth-order valence-corrected chi connectivity index (χ4v) is 3.46. The number of benzene rings is 2. The minimum Gasteiger partial charge on any atom is -0.347 e. The molecule has 0 bridgehead atoms. The van der Waals surface area contributed by atoms with Gasteiger partial charge in [0.15, 0.2) is 0 Å². The number of halogens is 1. The third-order valence-corrected chi connectivity index (χ3v) is 4.67. The number of fused-ring (bicyclic) bond motifs is 1. The van der Waals surface area contributed by atoms with Crippen LogP contribution in [0.5, 0.6) is 0 Å². The van der Waals surface area contributed by atoms with Crippen LogP contribution in [0, 0.1) is 5.82 Å². The summed E-state index contributed by atoms with van der Waals surface area (Å²) < 4.78 is 14.1. The van der Waals surface area contributed by atoms with Crippen molar-refractivity contribution in [2.75, 3.05) is 0 Å². The van der Waals surface area contributed by atoms with E-state index in [-0.39, 0.29) is 17.6 Å². The summed E-state index contributed by atoms with van der Waals surface area (Å²) in [5.74, 6) is -0.460. The van der Waals surface area contributed by atoms with E-state index in [4.69, 9.17) is 0 Å². The Bertz CT molecular complexity index is 723. The Kier molecular flexibility index (Phi) is 4.20. The highest BCUT2D eigenvalue weighted by molar-refractivity contribution is 5.85. The van der Waals surface area contributed by atoms with Crippen LogP contribution in [0.4, 0.5) is 4.39 Å². The van der Waals surface area contributed by atoms with Crippen molar-refractivity contribution in [1.29, 1.82) is 0 Å². The number of hydrogen-bond donors (Lipinski definition) is 1. The number of amides is 1. The molecule has 23 heavy (non-hydrogen) atoms. The van der Waals surface area contributed by atoms with E-state index in [0.717, 1.165) is 24.8 Å². The average Bonchev–Trinajstić information content (AvgIpc) is 2.54. The first-order valence-corrected chi connectivity index (χ1v) is 8.14. The monoisotopic (exact) mass is 311 g/mol. The van der Waals surface area contributed by atoms with Gasteiger partial charge in [0.1, 0.15) is 5.82 Å². The minimum absolute atomic E-state index is 0.0228. The first-order chi connectivity index (χ1) is 11.0. The van der Waals surface area contributed by atoms with Gasteiger partial charge in [0.05, 0.1) is 11.5 Å². The van der Waals surface area contributed by atoms with Gasteiger partial charge in [-0.05, 0) is 50.3 Å². The highest BCUT2D eigenvalue weighted by Gasteiger charge is 2.32. The fraction of sp³-hybridized carbons (Fsp3) is 0.350. The number of rotatable bonds is 3. The topological polar surface area (TPSA) is 29.1 Å². The molecular formula is C20H22FNO. The zero-order valence-electron chi connectivity index (χ0n) is 13.6. The van der Waals surface area contributed by atoms with Crippen molar-refractivity contribution >= 4 is 5.91 Å². The fourth-order valence-electron chi connectivity index (χ4n) is 3.46. The van der Waals surface area contributed by atoms with Crippen LogP contribution >= 0.6 is 0 Å². The van der Waals surface area contributed by atoms with E-state index < -0.39 is 5.54 Å². The molecule has 0 heterocycles. The number of hydrogen-bond acceptors (Lipinski definition) is 1. The predicted octanol–water partition coefficient (Wildman–Crippen LogP) is 4.30. The predicted molar refractivity (Wildman–Crippen MR) is 89.7 cm³/mol. The van der Waals surface area contributed by atoms with Gasteiger partial charge in [-0.15, -0.1) is 0 Å². The molecule has 1 aliphatic carbocycles. The zero-order valence-corrected chi connectivity index (χ0v) is 13.6. The Balaban J connectivity index is 1.84. The molecule has 0 fully saturated rings. The molecule has 1 unspecified atom stereocenters. The van der Waals surface area contributed by atoms with Gasteiger partial charge in [-0.2, -0.15) is 0 Å². The van der Waals surface area contributed by atoms with Crippen molar-refractivity contribution in [3.8, 4) is 0 Å². The summed E-state index contributed by atoms with van der Waals surface area (Å²) in [6, 6.07) is 14.7. The van der Waals surface area contributed by atoms with Gasteiger partial charge in [-0.25, -0.2) is 4.39 Å². The van der Waals surface area contributed by atoms with Crippen LogP contribution in [-0.2, 0) is 16.8 Å². The average molecular weight is 311 g/mol. The number of aryl methyl sites for hydroxylation is 1. The van der Waals surface area contributed by atoms with Crippen molar-refractivity contribution in [2.24, 2.45) is 0 Å². The summed E-state index contributed by atoms with van der Waals surface area (Å²) >= 11 is 0. The lowest BCUT2D eigenvalue weighted by Gasteiger charge is -2.31. The van der Waals surface area contributed by atoms with Crippen molar-refractivity contribution in [3.05, 3.63) is 71.0 Å². The first kappa shape index (κ1) is 15.7. The van der Waals surface area contributed by atoms with Gasteiger partial charge in [-0.1, -0.05) is 42.5 Å². The lowest BCUT2D eigenvalue weighted by molar-refractivity contribution is -0.124. The summed E-state index contributed by atoms with van der Waals surface area (Å²) in [4.78, 5) is 12.8. The molecular weight excluding hydrogens is 289 g/mol. The molecule has 0 saturated carbocycles. The molecule has 2 nitrogen and oxygen atoms in total. The Morgan fingerprint density at radius 1 is 1.13 bits per heavy atom. The maximum atomic E-state index is 14.1. The second-order valence-electron chi connectivity index (χ2n) is 6.74. The molecule has 2 aromatic carbocycles. The summed E-state index contributed by atoms with van der Waals surface area (Å²) in [5.41, 5.74) is 2.13. The summed E-state index contributed by atoms with van der Waals surface area (Å²) in [7, 11) is 0. The molecule has 2 aromatic rings. The lowest BCUT2D eigenvalue weighted by atomic mass is 9.81. The second kappa shape index (κ2) is 6.15. The Morgan fingerprint density at radius 3 is 2.61 bits per heavy atom. The molecule has 1 amide bonds. The summed E-state index contributed by atoms with van der Waals surface area (Å²) in [5, 5.41) is 3.05. The highest BCUT2D eigenvalue weighted by atomic mass is 19.1. The van der Waals surface area contributed by atoms with Crippen LogP contribution in [0.15, 0.2) is 48.5 Å². The molecule has 0 saturated heterocycles. The third kappa shape index (κ3) is 3.14. The first-order valence-electron chi connectivity index (χ1n) is 8.14. The summed E-state index contributed by atoms with van der Waals surface area (Å²) in [6.07, 6.45) is 2.88. The highest BCUT2D eigenvalue weighted by Crippen LogP contribution is 2.33. The molecule has 0 aromatic heterocycles. The van der Waals surface area contributed by atoms with Gasteiger partial charge >= 0.3 is 0 Å². The Labute approximate surface area is 136 Å². The van der Waals surface area contributed by atoms with Crippen molar-refractivity contribution in [1.82, 2.24) is 5.32 Å². The van der Waals surface area contributed by atoms with Gasteiger partial charge in [-0.3, -0.25) is 4.79 Å². The van der Waals surface area contributed by atoms with E-state index >= 15 is 0 Å². The Hall–Kier alpha value is -2.16. The van der Waals surface area contributed by atoms with Gasteiger partial charge in [0.25, 0.3) is 0 Å². The minimum atomic E-state index is -0.741. The molecule has 0 spiro atoms. The van der Waals surface area contributed by atoms with E-state index in [1.165, 1.54) is 11.6 Å². The molecule has 1 aliphatic rings. The molecule has 1 atom stereocenters. The van der Waals surface area contributed by atoms with Crippen LogP contribution in [0.1, 0.15) is 49.3 Å². The van der Waals surface area contributed by atoms with Crippen molar-refractivity contribution < 1.29 is 9.18 Å². The number of carbonyl (C=O) groups excluding carboxylic acids is 1. The standard InChI is InChI=1S/C20H22FNO/c1-20(2,17-12-5-6-13-18(17)21)22-19(23)16-11-7-9-14-8-3-4-10-15(14)16/h3-6,8,10,12-13,16H,7,9,11H2,1-2H3,(H,22,23). The lowest BCUT2D eigenvalue weighted by Crippen LogP contribution is -2.44. The Morgan fingerprint density at radius 2 is 1.83 bits per heavy atom. The largest absolute Gasteiger partial charge is 0.347 e. The van der Waals surface area contributed by atoms with Crippen molar-refractivity contribution in [2.45, 2.75) is 44.6 Å². The number of nitrogens with one attached hydrogen (secondary N) is 1. The van der Waals surface area contributed by atoms with E-state index in [0.29, 0.717) is 5.56 Å². The van der Waals surface area contributed by atoms with Crippen LogP contribution < -0.4 is 5.32 Å². The van der Waals surface area contributed by atoms with Crippen LogP contribution in [0.25, 0.3) is 0 Å². The van der Waals surface area contributed by atoms with Crippen LogP contribution in [0.3, 0.4) is 0 Å². The number of carbonyl (C=O) groups is 1. The second-order valence-corrected chi connectivity index (χ2v) is 6.74. The molecule has 0 aliphatic heterocycles. The van der Waals surface area contributed by atoms with E-state index in [9.17, 15) is 9.18 Å².